The molecule has 0 saturated carbocycles. The number of rotatable bonds is 1. The van der Waals surface area contributed by atoms with Gasteiger partial charge in [-0.15, -0.1) is 6.42 Å². The lowest BCUT2D eigenvalue weighted by atomic mass is 10.1. The second kappa shape index (κ2) is 3.18. The Labute approximate surface area is 66.4 Å². The predicted octanol–water partition coefficient (Wildman–Crippen LogP) is 1.08. The van der Waals surface area contributed by atoms with E-state index in [9.17, 15) is 0 Å². The summed E-state index contributed by atoms with van der Waals surface area (Å²) in [5.41, 5.74) is 7.41. The van der Waals surface area contributed by atoms with E-state index >= 15 is 0 Å². The van der Waals surface area contributed by atoms with Gasteiger partial charge in [0.2, 0.25) is 0 Å². The summed E-state index contributed by atoms with van der Waals surface area (Å²) in [6.07, 6.45) is 8.63. The maximum absolute atomic E-state index is 5.65. The topological polar surface area (TPSA) is 38.9 Å². The van der Waals surface area contributed by atoms with Crippen molar-refractivity contribution in [2.45, 2.75) is 13.0 Å². The number of nitrogens with two attached hydrogens (primary N) is 1. The van der Waals surface area contributed by atoms with Gasteiger partial charge in [0.05, 0.1) is 0 Å². The van der Waals surface area contributed by atoms with Gasteiger partial charge in [0.1, 0.15) is 0 Å². The Morgan fingerprint density at radius 2 is 2.45 bits per heavy atom. The molecule has 0 unspecified atom stereocenters. The minimum absolute atomic E-state index is 0.0465. The lowest BCUT2D eigenvalue weighted by Gasteiger charge is -2.06. The van der Waals surface area contributed by atoms with Gasteiger partial charge < -0.3 is 5.73 Å². The zero-order valence-electron chi connectivity index (χ0n) is 6.41. The van der Waals surface area contributed by atoms with E-state index in [0.29, 0.717) is 0 Å². The average molecular weight is 146 g/mol. The monoisotopic (exact) mass is 146 g/mol. The lowest BCUT2D eigenvalue weighted by Crippen LogP contribution is -2.07. The third kappa shape index (κ3) is 1.57. The van der Waals surface area contributed by atoms with Gasteiger partial charge in [-0.2, -0.15) is 0 Å². The van der Waals surface area contributed by atoms with Gasteiger partial charge in [-0.05, 0) is 13.0 Å². The molecule has 0 spiro atoms. The van der Waals surface area contributed by atoms with Crippen LogP contribution in [-0.4, -0.2) is 4.98 Å². The Kier molecular flexibility index (Phi) is 2.25. The number of aromatic nitrogens is 1. The standard InChI is InChI=1S/C9H10N2/c1-3-8-4-5-11-6-9(8)7(2)10/h1,4-7H,10H2,2H3/t7-/m0/s1. The molecule has 1 heterocycles. The molecule has 2 N–H and O–H groups in total. The molecule has 2 heteroatoms. The van der Waals surface area contributed by atoms with E-state index in [1.807, 2.05) is 6.92 Å². The first-order valence-electron chi connectivity index (χ1n) is 3.42. The Bertz CT molecular complexity index is 284. The lowest BCUT2D eigenvalue weighted by molar-refractivity contribution is 0.808. The van der Waals surface area contributed by atoms with Crippen molar-refractivity contribution in [3.63, 3.8) is 0 Å². The Hall–Kier alpha value is -1.33. The summed E-state index contributed by atoms with van der Waals surface area (Å²) < 4.78 is 0. The number of hydrogen-bond acceptors (Lipinski definition) is 2. The maximum Gasteiger partial charge on any atom is 0.0328 e. The summed E-state index contributed by atoms with van der Waals surface area (Å²) in [6, 6.07) is 1.74. The molecule has 56 valence electrons. The van der Waals surface area contributed by atoms with Gasteiger partial charge in [0.15, 0.2) is 0 Å². The number of terminal acetylenes is 1. The van der Waals surface area contributed by atoms with Crippen LogP contribution in [0.15, 0.2) is 18.5 Å². The van der Waals surface area contributed by atoms with Crippen LogP contribution in [0.5, 0.6) is 0 Å². The third-order valence-corrected chi connectivity index (χ3v) is 1.50. The highest BCUT2D eigenvalue weighted by Gasteiger charge is 2.02. The summed E-state index contributed by atoms with van der Waals surface area (Å²) in [6.45, 7) is 1.89. The minimum Gasteiger partial charge on any atom is -0.324 e. The summed E-state index contributed by atoms with van der Waals surface area (Å²) in [7, 11) is 0. The molecule has 0 fully saturated rings. The summed E-state index contributed by atoms with van der Waals surface area (Å²) in [4.78, 5) is 3.94. The first-order valence-corrected chi connectivity index (χ1v) is 3.42. The van der Waals surface area contributed by atoms with Crippen LogP contribution in [0.4, 0.5) is 0 Å². The van der Waals surface area contributed by atoms with Crippen LogP contribution in [0.2, 0.25) is 0 Å². The molecule has 1 aromatic heterocycles. The molecule has 0 aromatic carbocycles. The van der Waals surface area contributed by atoms with Gasteiger partial charge in [-0.3, -0.25) is 4.98 Å². The van der Waals surface area contributed by atoms with Crippen molar-refractivity contribution in [1.29, 1.82) is 0 Å². The zero-order valence-corrected chi connectivity index (χ0v) is 6.41. The molecule has 0 bridgehead atoms. The molecule has 0 aliphatic rings. The Morgan fingerprint density at radius 1 is 1.73 bits per heavy atom. The van der Waals surface area contributed by atoms with Crippen LogP contribution >= 0.6 is 0 Å². The van der Waals surface area contributed by atoms with Crippen LogP contribution < -0.4 is 5.73 Å². The molecule has 0 saturated heterocycles. The van der Waals surface area contributed by atoms with Crippen LogP contribution in [0, 0.1) is 12.3 Å². The predicted molar refractivity (Wildman–Crippen MR) is 44.8 cm³/mol. The minimum atomic E-state index is -0.0465. The van der Waals surface area contributed by atoms with Gasteiger partial charge in [0.25, 0.3) is 0 Å². The van der Waals surface area contributed by atoms with Crippen molar-refractivity contribution in [3.05, 3.63) is 29.6 Å². The fourth-order valence-electron chi connectivity index (χ4n) is 0.901. The van der Waals surface area contributed by atoms with E-state index in [2.05, 4.69) is 10.9 Å². The van der Waals surface area contributed by atoms with E-state index in [1.165, 1.54) is 0 Å². The van der Waals surface area contributed by atoms with E-state index < -0.39 is 0 Å². The molecular formula is C9H10N2. The molecule has 0 amide bonds. The van der Waals surface area contributed by atoms with E-state index in [0.717, 1.165) is 11.1 Å². The largest absolute Gasteiger partial charge is 0.324 e. The Balaban J connectivity index is 3.15. The van der Waals surface area contributed by atoms with Crippen molar-refractivity contribution in [1.82, 2.24) is 4.98 Å². The highest BCUT2D eigenvalue weighted by atomic mass is 14.7. The van der Waals surface area contributed by atoms with Gasteiger partial charge in [-0.25, -0.2) is 0 Å². The highest BCUT2D eigenvalue weighted by molar-refractivity contribution is 5.38. The van der Waals surface area contributed by atoms with Gasteiger partial charge in [-0.1, -0.05) is 5.92 Å². The summed E-state index contributed by atoms with van der Waals surface area (Å²) in [5.74, 6) is 2.56. The zero-order chi connectivity index (χ0) is 8.27. The highest BCUT2D eigenvalue weighted by Crippen LogP contribution is 2.12. The SMILES string of the molecule is C#Cc1ccncc1[C@H](C)N. The first-order chi connectivity index (χ1) is 5.25. The van der Waals surface area contributed by atoms with E-state index in [4.69, 9.17) is 12.2 Å². The molecule has 0 aliphatic heterocycles. The number of hydrogen-bond donors (Lipinski definition) is 1. The molecule has 0 aliphatic carbocycles. The van der Waals surface area contributed by atoms with E-state index in [-0.39, 0.29) is 6.04 Å². The normalized spacial score (nSPS) is 12.1. The van der Waals surface area contributed by atoms with Crippen LogP contribution in [0.3, 0.4) is 0 Å². The number of pyridine rings is 1. The molecule has 1 rings (SSSR count). The maximum atomic E-state index is 5.65. The third-order valence-electron chi connectivity index (χ3n) is 1.50. The summed E-state index contributed by atoms with van der Waals surface area (Å²) >= 11 is 0. The average Bonchev–Trinajstić information content (AvgIpc) is 2.04. The van der Waals surface area contributed by atoms with Crippen molar-refractivity contribution in [2.24, 2.45) is 5.73 Å². The van der Waals surface area contributed by atoms with Crippen molar-refractivity contribution < 1.29 is 0 Å². The molecule has 1 aromatic rings. The molecule has 0 radical (unpaired) electrons. The quantitative estimate of drug-likeness (QED) is 0.602. The van der Waals surface area contributed by atoms with Gasteiger partial charge in [0, 0.05) is 29.6 Å². The number of nitrogens with zero attached hydrogens (tertiary/aromatic N) is 1. The molecule has 2 nitrogen and oxygen atoms in total. The van der Waals surface area contributed by atoms with E-state index in [1.54, 1.807) is 18.5 Å². The fourth-order valence-corrected chi connectivity index (χ4v) is 0.901. The van der Waals surface area contributed by atoms with Crippen molar-refractivity contribution >= 4 is 0 Å². The molecular weight excluding hydrogens is 136 g/mol. The van der Waals surface area contributed by atoms with Crippen LogP contribution in [-0.2, 0) is 0 Å². The smallest absolute Gasteiger partial charge is 0.0328 e. The summed E-state index contributed by atoms with van der Waals surface area (Å²) in [5, 5.41) is 0. The second-order valence-corrected chi connectivity index (χ2v) is 2.40. The second-order valence-electron chi connectivity index (χ2n) is 2.40. The Morgan fingerprint density at radius 3 is 2.91 bits per heavy atom. The molecule has 1 atom stereocenters. The first kappa shape index (κ1) is 7.77. The van der Waals surface area contributed by atoms with Crippen LogP contribution in [0.25, 0.3) is 0 Å². The molecule has 11 heavy (non-hydrogen) atoms. The fraction of sp³-hybridized carbons (Fsp3) is 0.222. The van der Waals surface area contributed by atoms with Gasteiger partial charge >= 0.3 is 0 Å². The van der Waals surface area contributed by atoms with Crippen LogP contribution in [0.1, 0.15) is 24.1 Å². The van der Waals surface area contributed by atoms with Crippen molar-refractivity contribution in [3.8, 4) is 12.3 Å². The van der Waals surface area contributed by atoms with Crippen molar-refractivity contribution in [2.75, 3.05) is 0 Å².